The van der Waals surface area contributed by atoms with Gasteiger partial charge in [-0.25, -0.2) is 0 Å². The topological polar surface area (TPSA) is 55.1 Å². The summed E-state index contributed by atoms with van der Waals surface area (Å²) in [5.74, 6) is 0.929. The van der Waals surface area contributed by atoms with Gasteiger partial charge in [-0.2, -0.15) is 0 Å². The first-order chi connectivity index (χ1) is 6.06. The van der Waals surface area contributed by atoms with Gasteiger partial charge in [0.2, 0.25) is 5.91 Å². The molecule has 0 bridgehead atoms. The van der Waals surface area contributed by atoms with Crippen LogP contribution in [0.25, 0.3) is 0 Å². The summed E-state index contributed by atoms with van der Waals surface area (Å²) in [6.45, 7) is 6.09. The molecule has 0 radical (unpaired) electrons. The van der Waals surface area contributed by atoms with Gasteiger partial charge in [-0.3, -0.25) is 4.79 Å². The van der Waals surface area contributed by atoms with E-state index in [0.717, 1.165) is 12.8 Å². The Bertz CT molecular complexity index is 191. The van der Waals surface area contributed by atoms with Crippen LogP contribution >= 0.6 is 0 Å². The Morgan fingerprint density at radius 1 is 1.62 bits per heavy atom. The zero-order valence-corrected chi connectivity index (χ0v) is 8.71. The van der Waals surface area contributed by atoms with E-state index >= 15 is 0 Å². The van der Waals surface area contributed by atoms with Crippen LogP contribution in [0, 0.1) is 11.8 Å². The Morgan fingerprint density at radius 3 is 2.62 bits per heavy atom. The lowest BCUT2D eigenvalue weighted by Crippen LogP contribution is -2.45. The maximum Gasteiger partial charge on any atom is 0.237 e. The van der Waals surface area contributed by atoms with Crippen LogP contribution < -0.4 is 11.1 Å². The van der Waals surface area contributed by atoms with Crippen LogP contribution in [0.4, 0.5) is 0 Å². The molecule has 1 amide bonds. The zero-order chi connectivity index (χ0) is 10.0. The molecule has 0 aliphatic heterocycles. The number of amides is 1. The third kappa shape index (κ3) is 2.69. The van der Waals surface area contributed by atoms with Crippen LogP contribution in [0.5, 0.6) is 0 Å². The van der Waals surface area contributed by atoms with Crippen molar-refractivity contribution >= 4 is 5.91 Å². The summed E-state index contributed by atoms with van der Waals surface area (Å²) in [5, 5.41) is 2.97. The lowest BCUT2D eigenvalue weighted by Gasteiger charge is -2.15. The van der Waals surface area contributed by atoms with Crippen LogP contribution in [0.3, 0.4) is 0 Å². The van der Waals surface area contributed by atoms with E-state index in [4.69, 9.17) is 5.73 Å². The fraction of sp³-hybridized carbons (Fsp3) is 0.900. The quantitative estimate of drug-likeness (QED) is 0.681. The van der Waals surface area contributed by atoms with Gasteiger partial charge in [0.1, 0.15) is 0 Å². The molecule has 2 unspecified atom stereocenters. The lowest BCUT2D eigenvalue weighted by molar-refractivity contribution is -0.123. The minimum absolute atomic E-state index is 0.0101. The summed E-state index contributed by atoms with van der Waals surface area (Å²) in [6.07, 6.45) is 2.29. The molecule has 1 rings (SSSR count). The van der Waals surface area contributed by atoms with Gasteiger partial charge >= 0.3 is 0 Å². The number of nitrogens with two attached hydrogens (primary N) is 1. The molecule has 0 aromatic heterocycles. The molecule has 3 atom stereocenters. The molecule has 0 heterocycles. The molecule has 1 aliphatic carbocycles. The van der Waals surface area contributed by atoms with Gasteiger partial charge in [-0.1, -0.05) is 27.2 Å². The summed E-state index contributed by atoms with van der Waals surface area (Å²) < 4.78 is 0. The Balaban J connectivity index is 2.26. The molecule has 1 fully saturated rings. The van der Waals surface area contributed by atoms with E-state index < -0.39 is 0 Å². The Kier molecular flexibility index (Phi) is 3.31. The third-order valence-corrected chi connectivity index (χ3v) is 2.80. The summed E-state index contributed by atoms with van der Waals surface area (Å²) in [5.41, 5.74) is 5.71. The molecule has 1 aliphatic rings. The van der Waals surface area contributed by atoms with Crippen molar-refractivity contribution in [3.05, 3.63) is 0 Å². The van der Waals surface area contributed by atoms with E-state index in [1.807, 2.05) is 13.8 Å². The van der Waals surface area contributed by atoms with Crippen molar-refractivity contribution in [3.8, 4) is 0 Å². The second-order valence-corrected chi connectivity index (χ2v) is 4.29. The minimum atomic E-state index is -0.349. The highest BCUT2D eigenvalue weighted by molar-refractivity contribution is 5.82. The maximum absolute atomic E-state index is 11.5. The molecular formula is C10H20N2O. The Labute approximate surface area is 80.1 Å². The number of hydrogen-bond acceptors (Lipinski definition) is 2. The molecule has 0 saturated heterocycles. The van der Waals surface area contributed by atoms with E-state index in [9.17, 15) is 4.79 Å². The second kappa shape index (κ2) is 4.09. The van der Waals surface area contributed by atoms with E-state index in [-0.39, 0.29) is 17.9 Å². The van der Waals surface area contributed by atoms with Gasteiger partial charge in [0.25, 0.3) is 0 Å². The van der Waals surface area contributed by atoms with Crippen molar-refractivity contribution in [1.82, 2.24) is 5.32 Å². The predicted molar refractivity (Wildman–Crippen MR) is 53.1 cm³/mol. The smallest absolute Gasteiger partial charge is 0.237 e. The summed E-state index contributed by atoms with van der Waals surface area (Å²) >= 11 is 0. The molecule has 3 nitrogen and oxygen atoms in total. The van der Waals surface area contributed by atoms with Crippen LogP contribution in [0.2, 0.25) is 0 Å². The van der Waals surface area contributed by atoms with Gasteiger partial charge in [0, 0.05) is 6.04 Å². The van der Waals surface area contributed by atoms with Gasteiger partial charge in [0.05, 0.1) is 6.04 Å². The molecular weight excluding hydrogens is 164 g/mol. The fourth-order valence-corrected chi connectivity index (χ4v) is 1.46. The highest BCUT2D eigenvalue weighted by Crippen LogP contribution is 2.33. The molecule has 0 aromatic carbocycles. The number of carbonyl (C=O) groups excluding carboxylic acids is 1. The fourth-order valence-electron chi connectivity index (χ4n) is 1.46. The summed E-state index contributed by atoms with van der Waals surface area (Å²) in [6, 6.07) is 0.0559. The number of nitrogens with one attached hydrogen (secondary N) is 1. The van der Waals surface area contributed by atoms with Crippen molar-refractivity contribution in [2.24, 2.45) is 17.6 Å². The first-order valence-corrected chi connectivity index (χ1v) is 5.12. The molecule has 1 saturated carbocycles. The minimum Gasteiger partial charge on any atom is -0.352 e. The van der Waals surface area contributed by atoms with Crippen LogP contribution in [-0.4, -0.2) is 18.0 Å². The van der Waals surface area contributed by atoms with Gasteiger partial charge in [0.15, 0.2) is 0 Å². The molecule has 3 N–H and O–H groups in total. The van der Waals surface area contributed by atoms with Crippen LogP contribution in [0.1, 0.15) is 33.6 Å². The average molecular weight is 184 g/mol. The van der Waals surface area contributed by atoms with Gasteiger partial charge in [-0.15, -0.1) is 0 Å². The second-order valence-electron chi connectivity index (χ2n) is 4.29. The number of rotatable bonds is 4. The summed E-state index contributed by atoms with van der Waals surface area (Å²) in [7, 11) is 0. The van der Waals surface area contributed by atoms with Gasteiger partial charge in [-0.05, 0) is 18.3 Å². The van der Waals surface area contributed by atoms with E-state index in [1.54, 1.807) is 0 Å². The van der Waals surface area contributed by atoms with Crippen molar-refractivity contribution < 1.29 is 4.79 Å². The first-order valence-electron chi connectivity index (χ1n) is 5.12. The maximum atomic E-state index is 11.5. The zero-order valence-electron chi connectivity index (χ0n) is 8.71. The van der Waals surface area contributed by atoms with Crippen molar-refractivity contribution in [2.45, 2.75) is 45.7 Å². The molecule has 0 spiro atoms. The third-order valence-electron chi connectivity index (χ3n) is 2.80. The normalized spacial score (nSPS) is 28.7. The van der Waals surface area contributed by atoms with Crippen molar-refractivity contribution in [3.63, 3.8) is 0 Å². The number of hydrogen-bond donors (Lipinski definition) is 2. The Hall–Kier alpha value is -0.570. The van der Waals surface area contributed by atoms with E-state index in [1.165, 1.54) is 0 Å². The lowest BCUT2D eigenvalue weighted by atomic mass is 10.1. The van der Waals surface area contributed by atoms with Crippen molar-refractivity contribution in [2.75, 3.05) is 0 Å². The average Bonchev–Trinajstić information content (AvgIpc) is 2.81. The SMILES string of the molecule is CCC1CC1NC(=O)[C@@H](N)C(C)C. The van der Waals surface area contributed by atoms with Gasteiger partial charge < -0.3 is 11.1 Å². The first kappa shape index (κ1) is 10.5. The molecule has 3 heteroatoms. The standard InChI is InChI=1S/C10H20N2O/c1-4-7-5-8(7)12-10(13)9(11)6(2)3/h6-9H,4-5,11H2,1-3H3,(H,12,13)/t7?,8?,9-/m0/s1. The highest BCUT2D eigenvalue weighted by atomic mass is 16.2. The van der Waals surface area contributed by atoms with Crippen LogP contribution in [-0.2, 0) is 4.79 Å². The molecule has 76 valence electrons. The summed E-state index contributed by atoms with van der Waals surface area (Å²) in [4.78, 5) is 11.5. The van der Waals surface area contributed by atoms with Crippen LogP contribution in [0.15, 0.2) is 0 Å². The highest BCUT2D eigenvalue weighted by Gasteiger charge is 2.37. The van der Waals surface area contributed by atoms with E-state index in [2.05, 4.69) is 12.2 Å². The number of carbonyl (C=O) groups is 1. The predicted octanol–water partition coefficient (Wildman–Crippen LogP) is 0.884. The van der Waals surface area contributed by atoms with E-state index in [0.29, 0.717) is 12.0 Å². The Morgan fingerprint density at radius 2 is 2.23 bits per heavy atom. The molecule has 13 heavy (non-hydrogen) atoms. The van der Waals surface area contributed by atoms with Crippen molar-refractivity contribution in [1.29, 1.82) is 0 Å². The monoisotopic (exact) mass is 184 g/mol. The largest absolute Gasteiger partial charge is 0.352 e. The molecule has 0 aromatic rings.